The first-order chi connectivity index (χ1) is 11.9. The van der Waals surface area contributed by atoms with Gasteiger partial charge in [-0.2, -0.15) is 5.10 Å². The number of rotatable bonds is 5. The average Bonchev–Trinajstić information content (AvgIpc) is 3.15. The van der Waals surface area contributed by atoms with E-state index >= 15 is 0 Å². The highest BCUT2D eigenvalue weighted by atomic mass is 35.5. The molecule has 1 amide bonds. The number of anilines is 1. The van der Waals surface area contributed by atoms with Crippen molar-refractivity contribution in [3.05, 3.63) is 57.1 Å². The molecule has 0 aliphatic carbocycles. The molecule has 0 spiro atoms. The Hall–Kier alpha value is -2.18. The van der Waals surface area contributed by atoms with Gasteiger partial charge in [-0.3, -0.25) is 4.79 Å². The number of carbonyl (C=O) groups is 1. The van der Waals surface area contributed by atoms with Crippen LogP contribution in [0.4, 0.5) is 5.82 Å². The Balaban J connectivity index is 1.76. The van der Waals surface area contributed by atoms with Gasteiger partial charge in [-0.15, -0.1) is 11.3 Å². The van der Waals surface area contributed by atoms with Crippen LogP contribution < -0.4 is 5.32 Å². The fourth-order valence-corrected chi connectivity index (χ4v) is 3.35. The Morgan fingerprint density at radius 1 is 1.32 bits per heavy atom. The quantitative estimate of drug-likeness (QED) is 0.710. The van der Waals surface area contributed by atoms with Gasteiger partial charge < -0.3 is 5.32 Å². The minimum absolute atomic E-state index is 0.115. The molecule has 1 aromatic carbocycles. The Morgan fingerprint density at radius 3 is 2.68 bits per heavy atom. The van der Waals surface area contributed by atoms with E-state index in [1.165, 1.54) is 0 Å². The van der Waals surface area contributed by atoms with Crippen molar-refractivity contribution in [1.82, 2.24) is 14.8 Å². The lowest BCUT2D eigenvalue weighted by atomic mass is 10.2. The minimum atomic E-state index is -0.115. The van der Waals surface area contributed by atoms with E-state index in [1.54, 1.807) is 28.2 Å². The Bertz CT molecular complexity index is 883. The van der Waals surface area contributed by atoms with Crippen LogP contribution in [-0.4, -0.2) is 20.7 Å². The lowest BCUT2D eigenvalue weighted by Gasteiger charge is -2.08. The molecular weight excluding hydrogens is 356 g/mol. The smallest absolute Gasteiger partial charge is 0.231 e. The molecule has 5 nitrogen and oxygen atoms in total. The summed E-state index contributed by atoms with van der Waals surface area (Å²) < 4.78 is 1.70. The number of nitrogens with zero attached hydrogens (tertiary/aromatic N) is 3. The predicted molar refractivity (Wildman–Crippen MR) is 102 cm³/mol. The first-order valence-electron chi connectivity index (χ1n) is 7.99. The lowest BCUT2D eigenvalue weighted by molar-refractivity contribution is -0.115. The van der Waals surface area contributed by atoms with Gasteiger partial charge in [0.1, 0.15) is 5.82 Å². The molecule has 2 aromatic heterocycles. The molecule has 0 fully saturated rings. The molecule has 0 radical (unpaired) electrons. The molecule has 3 aromatic rings. The zero-order chi connectivity index (χ0) is 18.0. The molecule has 1 N–H and O–H groups in total. The van der Waals surface area contributed by atoms with Crippen LogP contribution in [0, 0.1) is 6.92 Å². The summed E-state index contributed by atoms with van der Waals surface area (Å²) in [5.41, 5.74) is 2.45. The minimum Gasteiger partial charge on any atom is -0.310 e. The summed E-state index contributed by atoms with van der Waals surface area (Å²) in [6, 6.07) is 9.15. The van der Waals surface area contributed by atoms with E-state index in [0.717, 1.165) is 22.1 Å². The lowest BCUT2D eigenvalue weighted by Crippen LogP contribution is -2.17. The highest BCUT2D eigenvalue weighted by Crippen LogP contribution is 2.21. The van der Waals surface area contributed by atoms with Crippen molar-refractivity contribution in [2.75, 3.05) is 5.32 Å². The second-order valence-electron chi connectivity index (χ2n) is 6.12. The van der Waals surface area contributed by atoms with Crippen molar-refractivity contribution in [2.24, 2.45) is 0 Å². The van der Waals surface area contributed by atoms with Gasteiger partial charge >= 0.3 is 0 Å². The first kappa shape index (κ1) is 17.6. The number of hydrogen-bond acceptors (Lipinski definition) is 4. The largest absolute Gasteiger partial charge is 0.310 e. The molecule has 0 saturated carbocycles. The Labute approximate surface area is 155 Å². The summed E-state index contributed by atoms with van der Waals surface area (Å²) in [6.07, 6.45) is 0.244. The monoisotopic (exact) mass is 374 g/mol. The molecule has 0 unspecified atom stereocenters. The molecule has 7 heteroatoms. The number of amides is 1. The van der Waals surface area contributed by atoms with Crippen LogP contribution in [0.5, 0.6) is 0 Å². The summed E-state index contributed by atoms with van der Waals surface area (Å²) in [4.78, 5) is 16.9. The maximum Gasteiger partial charge on any atom is 0.231 e. The number of hydrogen-bond donors (Lipinski definition) is 1. The van der Waals surface area contributed by atoms with Gasteiger partial charge in [0.15, 0.2) is 0 Å². The van der Waals surface area contributed by atoms with Crippen molar-refractivity contribution in [3.63, 3.8) is 0 Å². The molecule has 0 aliphatic rings. The van der Waals surface area contributed by atoms with Crippen molar-refractivity contribution in [1.29, 1.82) is 0 Å². The normalized spacial score (nSPS) is 11.1. The third-order valence-electron chi connectivity index (χ3n) is 3.58. The van der Waals surface area contributed by atoms with Crippen LogP contribution in [0.1, 0.15) is 36.2 Å². The third kappa shape index (κ3) is 4.27. The molecule has 0 aliphatic heterocycles. The molecule has 0 atom stereocenters. The Morgan fingerprint density at radius 2 is 2.04 bits per heavy atom. The number of carbonyl (C=O) groups excluding carboxylic acids is 1. The number of aromatic nitrogens is 3. The van der Waals surface area contributed by atoms with Gasteiger partial charge in [-0.05, 0) is 31.2 Å². The number of halogens is 1. The summed E-state index contributed by atoms with van der Waals surface area (Å²) >= 11 is 7.53. The van der Waals surface area contributed by atoms with Crippen LogP contribution >= 0.6 is 22.9 Å². The van der Waals surface area contributed by atoms with E-state index in [4.69, 9.17) is 11.6 Å². The average molecular weight is 375 g/mol. The predicted octanol–water partition coefficient (Wildman–Crippen LogP) is 4.60. The highest BCUT2D eigenvalue weighted by molar-refractivity contribution is 7.09. The van der Waals surface area contributed by atoms with E-state index in [1.807, 2.05) is 30.5 Å². The number of nitrogens with one attached hydrogen (secondary N) is 1. The van der Waals surface area contributed by atoms with Crippen LogP contribution in [0.15, 0.2) is 35.7 Å². The zero-order valence-electron chi connectivity index (χ0n) is 14.3. The highest BCUT2D eigenvalue weighted by Gasteiger charge is 2.13. The van der Waals surface area contributed by atoms with E-state index in [2.05, 4.69) is 29.2 Å². The summed E-state index contributed by atoms with van der Waals surface area (Å²) in [6.45, 7) is 6.07. The van der Waals surface area contributed by atoms with Crippen molar-refractivity contribution in [3.8, 4) is 5.69 Å². The van der Waals surface area contributed by atoms with Crippen molar-refractivity contribution < 1.29 is 4.79 Å². The molecule has 25 heavy (non-hydrogen) atoms. The third-order valence-corrected chi connectivity index (χ3v) is 5.02. The maximum absolute atomic E-state index is 12.4. The maximum atomic E-state index is 12.4. The second kappa shape index (κ2) is 7.37. The van der Waals surface area contributed by atoms with Gasteiger partial charge in [0.2, 0.25) is 5.91 Å². The van der Waals surface area contributed by atoms with Gasteiger partial charge in [0, 0.05) is 22.4 Å². The second-order valence-corrected chi connectivity index (χ2v) is 7.44. The van der Waals surface area contributed by atoms with Crippen LogP contribution in [0.25, 0.3) is 5.69 Å². The van der Waals surface area contributed by atoms with E-state index in [9.17, 15) is 4.79 Å². The van der Waals surface area contributed by atoms with Gasteiger partial charge in [0.05, 0.1) is 28.5 Å². The topological polar surface area (TPSA) is 59.8 Å². The number of aryl methyl sites for hydroxylation is 1. The summed E-state index contributed by atoms with van der Waals surface area (Å²) in [5, 5.41) is 11.0. The number of benzene rings is 1. The Kier molecular flexibility index (Phi) is 5.20. The van der Waals surface area contributed by atoms with Gasteiger partial charge in [-0.25, -0.2) is 9.67 Å². The summed E-state index contributed by atoms with van der Waals surface area (Å²) in [5.74, 6) is 0.885. The molecule has 130 valence electrons. The van der Waals surface area contributed by atoms with Crippen molar-refractivity contribution in [2.45, 2.75) is 33.1 Å². The van der Waals surface area contributed by atoms with Gasteiger partial charge in [0.25, 0.3) is 0 Å². The fraction of sp³-hybridized carbons (Fsp3) is 0.278. The molecule has 0 bridgehead atoms. The number of thiazole rings is 1. The van der Waals surface area contributed by atoms with E-state index in [-0.39, 0.29) is 12.3 Å². The first-order valence-corrected chi connectivity index (χ1v) is 9.25. The van der Waals surface area contributed by atoms with Crippen LogP contribution in [0.2, 0.25) is 5.02 Å². The molecule has 2 heterocycles. The standard InChI is InChI=1S/C18H19ClN4OS/c1-11(2)18-20-14(10-25-18)9-17(24)21-16-8-12(3)22-23(16)15-6-4-13(19)5-7-15/h4-8,10-11H,9H2,1-3H3,(H,21,24). The van der Waals surface area contributed by atoms with Crippen LogP contribution in [-0.2, 0) is 11.2 Å². The van der Waals surface area contributed by atoms with Gasteiger partial charge in [-0.1, -0.05) is 25.4 Å². The molecular formula is C18H19ClN4OS. The van der Waals surface area contributed by atoms with E-state index in [0.29, 0.717) is 16.8 Å². The molecule has 0 saturated heterocycles. The fourth-order valence-electron chi connectivity index (χ4n) is 2.39. The SMILES string of the molecule is Cc1cc(NC(=O)Cc2csc(C(C)C)n2)n(-c2ccc(Cl)cc2)n1. The summed E-state index contributed by atoms with van der Waals surface area (Å²) in [7, 11) is 0. The van der Waals surface area contributed by atoms with E-state index < -0.39 is 0 Å². The van der Waals surface area contributed by atoms with Crippen LogP contribution in [0.3, 0.4) is 0 Å². The molecule has 3 rings (SSSR count). The van der Waals surface area contributed by atoms with Crippen molar-refractivity contribution >= 4 is 34.7 Å². The zero-order valence-corrected chi connectivity index (χ0v) is 15.9.